The molecule has 2 aromatic rings. The van der Waals surface area contributed by atoms with Gasteiger partial charge in [0, 0.05) is 50.4 Å². The lowest BCUT2D eigenvalue weighted by Crippen LogP contribution is -2.63. The molecule has 1 fully saturated rings. The predicted molar refractivity (Wildman–Crippen MR) is 179 cm³/mol. The zero-order valence-electron chi connectivity index (χ0n) is 27.9. The Balaban J connectivity index is 1.20. The first-order valence-electron chi connectivity index (χ1n) is 16.5. The summed E-state index contributed by atoms with van der Waals surface area (Å²) in [4.78, 5) is 59.1. The molecule has 258 valence electrons. The molecule has 2 aromatic carbocycles. The highest BCUT2D eigenvalue weighted by atomic mass is 16.3. The summed E-state index contributed by atoms with van der Waals surface area (Å²) >= 11 is 0. The Morgan fingerprint density at radius 2 is 1.63 bits per heavy atom. The minimum absolute atomic E-state index is 0.0118. The number of aliphatic hydroxyl groups is 3. The van der Waals surface area contributed by atoms with Gasteiger partial charge in [-0.1, -0.05) is 24.3 Å². The molecule has 1 saturated heterocycles. The molecule has 5 aliphatic rings. The Hall–Kier alpha value is -4.72. The first kappa shape index (κ1) is 32.8. The standard InChI is InChI=1S/C36H41N5O8/c1-39(2)24-13-23(38-35(48)19-14-41(15-19)20-9-16-7-5-6-8-17(16)10-20)29(42)26-21(24)11-18-12-22-28(40(3)4)31(44)27(34(37)47)33(46)36(22,49)32(45)25(18)30(26)43/h5-8,13,18-20,22,28,42,44-45,49H,9-12,14-15H2,1-4H3,(H2,37,47)(H,38,48)/t18-,22-,28-,36-/m0/s1. The molecular formula is C36H41N5O8. The lowest BCUT2D eigenvalue weighted by Gasteiger charge is -2.50. The molecule has 7 N–H and O–H groups in total. The lowest BCUT2D eigenvalue weighted by molar-refractivity contribution is -0.148. The number of fused-ring (bicyclic) bond motifs is 4. The predicted octanol–water partition coefficient (Wildman–Crippen LogP) is 1.22. The van der Waals surface area contributed by atoms with Crippen molar-refractivity contribution in [3.05, 3.63) is 75.3 Å². The van der Waals surface area contributed by atoms with Gasteiger partial charge in [0.25, 0.3) is 5.91 Å². The van der Waals surface area contributed by atoms with Crippen LogP contribution in [0.2, 0.25) is 0 Å². The third-order valence-electron chi connectivity index (χ3n) is 11.3. The highest BCUT2D eigenvalue weighted by Crippen LogP contribution is 2.54. The number of amides is 2. The number of phenols is 1. The maximum absolute atomic E-state index is 14.3. The largest absolute Gasteiger partial charge is 0.510 e. The molecule has 2 amide bonds. The van der Waals surface area contributed by atoms with Crippen LogP contribution in [0.25, 0.3) is 0 Å². The smallest absolute Gasteiger partial charge is 0.255 e. The van der Waals surface area contributed by atoms with Crippen molar-refractivity contribution in [2.24, 2.45) is 23.5 Å². The van der Waals surface area contributed by atoms with E-state index in [0.717, 1.165) is 12.8 Å². The Bertz CT molecular complexity index is 1870. The molecule has 1 aliphatic heterocycles. The van der Waals surface area contributed by atoms with Crippen LogP contribution in [0.5, 0.6) is 5.75 Å². The molecule has 4 aliphatic carbocycles. The fourth-order valence-electron chi connectivity index (χ4n) is 8.80. The topological polar surface area (TPSA) is 197 Å². The van der Waals surface area contributed by atoms with Crippen LogP contribution >= 0.6 is 0 Å². The summed E-state index contributed by atoms with van der Waals surface area (Å²) in [5, 5.41) is 48.9. The number of likely N-dealkylation sites (N-methyl/N-ethyl adjacent to an activating group) is 1. The SMILES string of the molecule is CN(C)c1cc(NC(=O)C2CN(C3Cc4ccccc4C3)C2)c(O)c2c1C[C@H]1C[C@H]3[C@H](N(C)C)C(O)=C(C(N)=O)C(=O)[C@@]3(O)C(O)=C1C2=O. The third-order valence-corrected chi connectivity index (χ3v) is 11.3. The van der Waals surface area contributed by atoms with E-state index in [-0.39, 0.29) is 41.5 Å². The van der Waals surface area contributed by atoms with Crippen molar-refractivity contribution >= 4 is 34.8 Å². The van der Waals surface area contributed by atoms with Crippen LogP contribution in [-0.4, -0.2) is 113 Å². The molecule has 0 spiro atoms. The van der Waals surface area contributed by atoms with E-state index in [4.69, 9.17) is 5.73 Å². The van der Waals surface area contributed by atoms with Gasteiger partial charge in [-0.25, -0.2) is 0 Å². The van der Waals surface area contributed by atoms with Crippen molar-refractivity contribution in [3.63, 3.8) is 0 Å². The summed E-state index contributed by atoms with van der Waals surface area (Å²) < 4.78 is 0. The van der Waals surface area contributed by atoms with Crippen LogP contribution in [0.3, 0.4) is 0 Å². The summed E-state index contributed by atoms with van der Waals surface area (Å²) in [6.45, 7) is 1.13. The van der Waals surface area contributed by atoms with Crippen molar-refractivity contribution in [2.75, 3.05) is 51.5 Å². The number of aromatic hydroxyl groups is 1. The van der Waals surface area contributed by atoms with Crippen LogP contribution < -0.4 is 16.0 Å². The first-order valence-corrected chi connectivity index (χ1v) is 16.5. The highest BCUT2D eigenvalue weighted by molar-refractivity contribution is 6.25. The normalized spacial score (nSPS) is 27.0. The number of nitrogens with one attached hydrogen (secondary N) is 1. The number of rotatable bonds is 6. The number of ketones is 2. The number of aliphatic hydroxyl groups excluding tert-OH is 2. The van der Waals surface area contributed by atoms with Crippen LogP contribution in [-0.2, 0) is 33.6 Å². The van der Waals surface area contributed by atoms with Crippen LogP contribution in [0.1, 0.15) is 33.5 Å². The number of anilines is 2. The van der Waals surface area contributed by atoms with Gasteiger partial charge >= 0.3 is 0 Å². The maximum Gasteiger partial charge on any atom is 0.255 e. The summed E-state index contributed by atoms with van der Waals surface area (Å²) in [5.41, 5.74) is 5.18. The van der Waals surface area contributed by atoms with Crippen molar-refractivity contribution < 1.29 is 39.6 Å². The number of likely N-dealkylation sites (tertiary alicyclic amines) is 1. The van der Waals surface area contributed by atoms with Gasteiger partial charge in [0.15, 0.2) is 17.1 Å². The van der Waals surface area contributed by atoms with E-state index in [2.05, 4.69) is 22.3 Å². The van der Waals surface area contributed by atoms with E-state index in [9.17, 15) is 39.6 Å². The molecule has 0 unspecified atom stereocenters. The quantitative estimate of drug-likeness (QED) is 0.191. The zero-order valence-corrected chi connectivity index (χ0v) is 27.9. The Labute approximate surface area is 283 Å². The molecule has 0 aromatic heterocycles. The van der Waals surface area contributed by atoms with E-state index < -0.39 is 63.8 Å². The molecule has 7 rings (SSSR count). The second-order valence-corrected chi connectivity index (χ2v) is 14.5. The molecule has 13 nitrogen and oxygen atoms in total. The molecular weight excluding hydrogens is 630 g/mol. The van der Waals surface area contributed by atoms with E-state index in [0.29, 0.717) is 30.4 Å². The van der Waals surface area contributed by atoms with Gasteiger partial charge in [-0.3, -0.25) is 29.0 Å². The van der Waals surface area contributed by atoms with Gasteiger partial charge in [-0.15, -0.1) is 0 Å². The van der Waals surface area contributed by atoms with E-state index in [1.807, 2.05) is 12.1 Å². The highest BCUT2D eigenvalue weighted by Gasteiger charge is 2.63. The Morgan fingerprint density at radius 1 is 1.00 bits per heavy atom. The number of allylic oxidation sites excluding steroid dienone is 1. The summed E-state index contributed by atoms with van der Waals surface area (Å²) in [6.07, 6.45) is 2.01. The van der Waals surface area contributed by atoms with Crippen molar-refractivity contribution in [3.8, 4) is 5.75 Å². The first-order chi connectivity index (χ1) is 23.1. The number of hydrogen-bond donors (Lipinski definition) is 6. The summed E-state index contributed by atoms with van der Waals surface area (Å²) in [5.74, 6) is -7.84. The van der Waals surface area contributed by atoms with E-state index >= 15 is 0 Å². The number of nitrogens with two attached hydrogens (primary N) is 1. The van der Waals surface area contributed by atoms with Crippen LogP contribution in [0.4, 0.5) is 11.4 Å². The molecule has 1 heterocycles. The number of phenolic OH excluding ortho intramolecular Hbond substituents is 1. The van der Waals surface area contributed by atoms with E-state index in [1.165, 1.54) is 16.0 Å². The molecule has 0 saturated carbocycles. The van der Waals surface area contributed by atoms with Gasteiger partial charge in [0.1, 0.15) is 17.1 Å². The minimum Gasteiger partial charge on any atom is -0.510 e. The molecule has 13 heteroatoms. The monoisotopic (exact) mass is 671 g/mol. The van der Waals surface area contributed by atoms with Gasteiger partial charge < -0.3 is 36.4 Å². The number of Topliss-reactive ketones (excluding diaryl/α,β-unsaturated/α-hetero) is 2. The van der Waals surface area contributed by atoms with Crippen molar-refractivity contribution in [1.82, 2.24) is 9.80 Å². The van der Waals surface area contributed by atoms with Gasteiger partial charge in [-0.2, -0.15) is 0 Å². The average Bonchev–Trinajstić information content (AvgIpc) is 3.42. The number of carbonyl (C=O) groups is 4. The maximum atomic E-state index is 14.3. The fourth-order valence-corrected chi connectivity index (χ4v) is 8.80. The summed E-state index contributed by atoms with van der Waals surface area (Å²) in [6, 6.07) is 9.23. The zero-order chi connectivity index (χ0) is 35.3. The summed E-state index contributed by atoms with van der Waals surface area (Å²) in [7, 11) is 6.70. The number of carbonyl (C=O) groups excluding carboxylic acids is 4. The minimum atomic E-state index is -2.73. The lowest BCUT2D eigenvalue weighted by atomic mass is 9.58. The van der Waals surface area contributed by atoms with Crippen molar-refractivity contribution in [2.45, 2.75) is 43.4 Å². The van der Waals surface area contributed by atoms with Gasteiger partial charge in [-0.05, 0) is 68.5 Å². The third kappa shape index (κ3) is 4.77. The van der Waals surface area contributed by atoms with E-state index in [1.54, 1.807) is 39.2 Å². The number of benzene rings is 2. The number of primary amides is 1. The van der Waals surface area contributed by atoms with Crippen LogP contribution in [0, 0.1) is 17.8 Å². The average molecular weight is 672 g/mol. The van der Waals surface area contributed by atoms with Crippen LogP contribution in [0.15, 0.2) is 53.0 Å². The molecule has 49 heavy (non-hydrogen) atoms. The second kappa shape index (κ2) is 11.4. The number of nitrogens with zero attached hydrogens (tertiary/aromatic N) is 3. The molecule has 4 atom stereocenters. The molecule has 0 radical (unpaired) electrons. The van der Waals surface area contributed by atoms with Gasteiger partial charge in [0.05, 0.1) is 23.2 Å². The van der Waals surface area contributed by atoms with Gasteiger partial charge in [0.2, 0.25) is 11.7 Å². The number of hydrogen-bond acceptors (Lipinski definition) is 11. The Kier molecular flexibility index (Phi) is 7.65. The second-order valence-electron chi connectivity index (χ2n) is 14.5. The fraction of sp³-hybridized carbons (Fsp3) is 0.444. The van der Waals surface area contributed by atoms with Crippen molar-refractivity contribution in [1.29, 1.82) is 0 Å². The molecule has 0 bridgehead atoms. The Morgan fingerprint density at radius 3 is 2.20 bits per heavy atom.